The van der Waals surface area contributed by atoms with E-state index in [1.54, 1.807) is 0 Å². The van der Waals surface area contributed by atoms with E-state index in [4.69, 9.17) is 5.26 Å². The van der Waals surface area contributed by atoms with Crippen LogP contribution in [0.1, 0.15) is 26.7 Å². The average molecular weight is 250 g/mol. The van der Waals surface area contributed by atoms with Crippen LogP contribution in [0.25, 0.3) is 0 Å². The Labute approximate surface area is 109 Å². The zero-order chi connectivity index (χ0) is 13.1. The van der Waals surface area contributed by atoms with Crippen molar-refractivity contribution in [3.05, 3.63) is 0 Å². The van der Waals surface area contributed by atoms with Crippen LogP contribution in [0.3, 0.4) is 0 Å². The minimum Gasteiger partial charge on any atom is -0.352 e. The number of piperazine rings is 1. The highest BCUT2D eigenvalue weighted by molar-refractivity contribution is 5.81. The monoisotopic (exact) mass is 250 g/mol. The van der Waals surface area contributed by atoms with Gasteiger partial charge in [0.25, 0.3) is 0 Å². The number of hydrogen-bond acceptors (Lipinski definition) is 4. The van der Waals surface area contributed by atoms with E-state index in [1.165, 1.54) is 0 Å². The van der Waals surface area contributed by atoms with Gasteiger partial charge < -0.3 is 5.32 Å². The normalized spacial score (nSPS) is 25.2. The third kappa shape index (κ3) is 3.21. The van der Waals surface area contributed by atoms with E-state index in [2.05, 4.69) is 21.2 Å². The molecule has 0 spiro atoms. The van der Waals surface area contributed by atoms with E-state index >= 15 is 0 Å². The van der Waals surface area contributed by atoms with Crippen molar-refractivity contribution < 1.29 is 4.79 Å². The van der Waals surface area contributed by atoms with Gasteiger partial charge in [-0.1, -0.05) is 0 Å². The van der Waals surface area contributed by atoms with Crippen molar-refractivity contribution >= 4 is 5.91 Å². The summed E-state index contributed by atoms with van der Waals surface area (Å²) in [6.07, 6.45) is 2.26. The molecule has 2 fully saturated rings. The van der Waals surface area contributed by atoms with Crippen LogP contribution < -0.4 is 5.32 Å². The van der Waals surface area contributed by atoms with Crippen molar-refractivity contribution in [2.24, 2.45) is 0 Å². The fraction of sp³-hybridized carbons (Fsp3) is 0.846. The van der Waals surface area contributed by atoms with E-state index in [0.29, 0.717) is 6.04 Å². The predicted octanol–water partition coefficient (Wildman–Crippen LogP) is 0.183. The van der Waals surface area contributed by atoms with Crippen molar-refractivity contribution in [1.29, 1.82) is 5.26 Å². The summed E-state index contributed by atoms with van der Waals surface area (Å²) in [6.45, 7) is 7.38. The number of carbonyl (C=O) groups excluding carboxylic acids is 1. The van der Waals surface area contributed by atoms with Crippen molar-refractivity contribution in [3.8, 4) is 6.07 Å². The van der Waals surface area contributed by atoms with Gasteiger partial charge in [0.1, 0.15) is 0 Å². The molecule has 0 bridgehead atoms. The van der Waals surface area contributed by atoms with E-state index in [0.717, 1.165) is 39.0 Å². The van der Waals surface area contributed by atoms with Gasteiger partial charge in [-0.25, -0.2) is 0 Å². The summed E-state index contributed by atoms with van der Waals surface area (Å²) < 4.78 is 0. The second-order valence-corrected chi connectivity index (χ2v) is 5.34. The molecule has 5 nitrogen and oxygen atoms in total. The van der Waals surface area contributed by atoms with E-state index in [-0.39, 0.29) is 18.0 Å². The van der Waals surface area contributed by atoms with Gasteiger partial charge in [0.15, 0.2) is 0 Å². The van der Waals surface area contributed by atoms with Gasteiger partial charge in [0.2, 0.25) is 5.91 Å². The third-order valence-corrected chi connectivity index (χ3v) is 3.93. The minimum atomic E-state index is -0.0508. The number of rotatable bonds is 4. The molecule has 1 saturated carbocycles. The highest BCUT2D eigenvalue weighted by Gasteiger charge is 2.30. The maximum atomic E-state index is 11.9. The molecule has 1 saturated heterocycles. The number of carbonyl (C=O) groups is 1. The molecule has 0 aromatic rings. The van der Waals surface area contributed by atoms with Crippen molar-refractivity contribution in [1.82, 2.24) is 15.1 Å². The summed E-state index contributed by atoms with van der Waals surface area (Å²) in [5, 5.41) is 11.9. The van der Waals surface area contributed by atoms with Crippen LogP contribution in [0.5, 0.6) is 0 Å². The SMILES string of the molecule is CC(C#N)N1CCN(C(C)C(=O)NC2CC2)CC1. The lowest BCUT2D eigenvalue weighted by atomic mass is 10.2. The first-order valence-electron chi connectivity index (χ1n) is 6.80. The van der Waals surface area contributed by atoms with E-state index in [1.807, 2.05) is 13.8 Å². The van der Waals surface area contributed by atoms with Gasteiger partial charge >= 0.3 is 0 Å². The largest absolute Gasteiger partial charge is 0.352 e. The Hall–Kier alpha value is -1.12. The van der Waals surface area contributed by atoms with Crippen molar-refractivity contribution in [2.75, 3.05) is 26.2 Å². The molecule has 0 aromatic heterocycles. The molecular weight excluding hydrogens is 228 g/mol. The van der Waals surface area contributed by atoms with Crippen LogP contribution in [-0.4, -0.2) is 60.0 Å². The highest BCUT2D eigenvalue weighted by Crippen LogP contribution is 2.19. The first kappa shape index (κ1) is 13.3. The molecule has 2 unspecified atom stereocenters. The molecule has 1 heterocycles. The fourth-order valence-corrected chi connectivity index (χ4v) is 2.31. The summed E-state index contributed by atoms with van der Waals surface area (Å²) in [5.41, 5.74) is 0. The van der Waals surface area contributed by atoms with Crippen LogP contribution >= 0.6 is 0 Å². The molecule has 1 aliphatic carbocycles. The Morgan fingerprint density at radius 1 is 1.22 bits per heavy atom. The van der Waals surface area contributed by atoms with Gasteiger partial charge in [0.05, 0.1) is 18.2 Å². The molecule has 5 heteroatoms. The van der Waals surface area contributed by atoms with E-state index in [9.17, 15) is 4.79 Å². The molecular formula is C13H22N4O. The van der Waals surface area contributed by atoms with Gasteiger partial charge in [-0.15, -0.1) is 0 Å². The molecule has 1 N–H and O–H groups in total. The number of hydrogen-bond donors (Lipinski definition) is 1. The minimum absolute atomic E-state index is 0.0252. The lowest BCUT2D eigenvalue weighted by molar-refractivity contribution is -0.126. The molecule has 0 radical (unpaired) electrons. The first-order valence-corrected chi connectivity index (χ1v) is 6.80. The molecule has 2 rings (SSSR count). The third-order valence-electron chi connectivity index (χ3n) is 3.93. The fourth-order valence-electron chi connectivity index (χ4n) is 2.31. The lowest BCUT2D eigenvalue weighted by Gasteiger charge is -2.38. The van der Waals surface area contributed by atoms with E-state index < -0.39 is 0 Å². The second kappa shape index (κ2) is 5.68. The number of nitrogens with zero attached hydrogens (tertiary/aromatic N) is 3. The number of nitrogens with one attached hydrogen (secondary N) is 1. The highest BCUT2D eigenvalue weighted by atomic mass is 16.2. The summed E-state index contributed by atoms with van der Waals surface area (Å²) in [7, 11) is 0. The number of nitriles is 1. The number of amides is 1. The summed E-state index contributed by atoms with van der Waals surface area (Å²) in [4.78, 5) is 16.3. The molecule has 2 aliphatic rings. The molecule has 2 atom stereocenters. The smallest absolute Gasteiger partial charge is 0.237 e. The predicted molar refractivity (Wildman–Crippen MR) is 68.8 cm³/mol. The Kier molecular flexibility index (Phi) is 4.20. The molecule has 0 aromatic carbocycles. The molecule has 1 amide bonds. The molecule has 100 valence electrons. The summed E-state index contributed by atoms with van der Waals surface area (Å²) in [5.74, 6) is 0.152. The zero-order valence-corrected chi connectivity index (χ0v) is 11.2. The summed E-state index contributed by atoms with van der Waals surface area (Å²) >= 11 is 0. The Morgan fingerprint density at radius 2 is 1.78 bits per heavy atom. The van der Waals surface area contributed by atoms with Crippen molar-refractivity contribution in [2.45, 2.75) is 44.8 Å². The maximum absolute atomic E-state index is 11.9. The first-order chi connectivity index (χ1) is 8.61. The zero-order valence-electron chi connectivity index (χ0n) is 11.2. The van der Waals surface area contributed by atoms with Crippen LogP contribution in [0.2, 0.25) is 0 Å². The van der Waals surface area contributed by atoms with Gasteiger partial charge in [-0.3, -0.25) is 14.6 Å². The van der Waals surface area contributed by atoms with Crippen LogP contribution in [0.4, 0.5) is 0 Å². The average Bonchev–Trinajstić information content (AvgIpc) is 3.21. The van der Waals surface area contributed by atoms with Crippen molar-refractivity contribution in [3.63, 3.8) is 0 Å². The Balaban J connectivity index is 1.77. The van der Waals surface area contributed by atoms with Crippen LogP contribution in [0, 0.1) is 11.3 Å². The molecule has 1 aliphatic heterocycles. The van der Waals surface area contributed by atoms with Gasteiger partial charge in [-0.05, 0) is 26.7 Å². The lowest BCUT2D eigenvalue weighted by Crippen LogP contribution is -2.55. The maximum Gasteiger partial charge on any atom is 0.237 e. The van der Waals surface area contributed by atoms with Gasteiger partial charge in [-0.2, -0.15) is 5.26 Å². The molecule has 18 heavy (non-hydrogen) atoms. The second-order valence-electron chi connectivity index (χ2n) is 5.34. The summed E-state index contributed by atoms with van der Waals surface area (Å²) in [6, 6.07) is 2.62. The Morgan fingerprint density at radius 3 is 2.28 bits per heavy atom. The quantitative estimate of drug-likeness (QED) is 0.773. The standard InChI is InChI=1S/C13H22N4O/c1-10(9-14)16-5-7-17(8-6-16)11(2)13(18)15-12-3-4-12/h10-12H,3-8H2,1-2H3,(H,15,18). The Bertz CT molecular complexity index is 339. The van der Waals surface area contributed by atoms with Crippen LogP contribution in [0.15, 0.2) is 0 Å². The van der Waals surface area contributed by atoms with Crippen LogP contribution in [-0.2, 0) is 4.79 Å². The topological polar surface area (TPSA) is 59.4 Å². The van der Waals surface area contributed by atoms with Gasteiger partial charge in [0, 0.05) is 32.2 Å².